The molecule has 6 nitrogen and oxygen atoms in total. The Kier molecular flexibility index (Phi) is 3.44. The molecule has 92 valence electrons. The molecule has 0 atom stereocenters. The first-order valence-electron chi connectivity index (χ1n) is 5.51. The van der Waals surface area contributed by atoms with E-state index in [-0.39, 0.29) is 0 Å². The van der Waals surface area contributed by atoms with Crippen LogP contribution in [0.3, 0.4) is 0 Å². The molecule has 0 unspecified atom stereocenters. The number of hydrogen-bond acceptors (Lipinski definition) is 6. The summed E-state index contributed by atoms with van der Waals surface area (Å²) < 4.78 is 4.99. The summed E-state index contributed by atoms with van der Waals surface area (Å²) in [5.41, 5.74) is 7.72. The SMILES string of the molecule is Cc1noc(CCNc2cc(C#N)ccc2N)n1. The molecule has 0 aliphatic carbocycles. The number of nitrogen functional groups attached to an aromatic ring is 1. The fraction of sp³-hybridized carbons (Fsp3) is 0.250. The zero-order chi connectivity index (χ0) is 13.0. The van der Waals surface area contributed by atoms with E-state index in [1.807, 2.05) is 0 Å². The number of nitrogens with one attached hydrogen (secondary N) is 1. The predicted octanol–water partition coefficient (Wildman–Crippen LogP) is 1.49. The molecule has 0 aliphatic heterocycles. The lowest BCUT2D eigenvalue weighted by molar-refractivity contribution is 0.377. The summed E-state index contributed by atoms with van der Waals surface area (Å²) in [6.45, 7) is 2.38. The van der Waals surface area contributed by atoms with E-state index in [1.54, 1.807) is 25.1 Å². The van der Waals surface area contributed by atoms with Gasteiger partial charge in [-0.25, -0.2) is 0 Å². The van der Waals surface area contributed by atoms with E-state index in [4.69, 9.17) is 15.5 Å². The molecule has 0 bridgehead atoms. The minimum atomic E-state index is 0.570. The quantitative estimate of drug-likeness (QED) is 0.789. The number of anilines is 2. The number of rotatable bonds is 4. The highest BCUT2D eigenvalue weighted by atomic mass is 16.5. The molecule has 0 aliphatic rings. The van der Waals surface area contributed by atoms with E-state index in [0.717, 1.165) is 5.69 Å². The second-order valence-electron chi connectivity index (χ2n) is 3.83. The number of hydrogen-bond donors (Lipinski definition) is 2. The van der Waals surface area contributed by atoms with Crippen molar-refractivity contribution in [3.63, 3.8) is 0 Å². The topological polar surface area (TPSA) is 101 Å². The summed E-state index contributed by atoms with van der Waals surface area (Å²) in [5, 5.41) is 15.7. The van der Waals surface area contributed by atoms with E-state index < -0.39 is 0 Å². The van der Waals surface area contributed by atoms with Crippen LogP contribution in [0.5, 0.6) is 0 Å². The summed E-state index contributed by atoms with van der Waals surface area (Å²) in [6.07, 6.45) is 0.608. The Morgan fingerprint density at radius 2 is 2.33 bits per heavy atom. The van der Waals surface area contributed by atoms with E-state index in [9.17, 15) is 0 Å². The van der Waals surface area contributed by atoms with Gasteiger partial charge in [-0.1, -0.05) is 5.16 Å². The van der Waals surface area contributed by atoms with E-state index in [2.05, 4.69) is 21.5 Å². The van der Waals surface area contributed by atoms with Gasteiger partial charge in [0.25, 0.3) is 0 Å². The van der Waals surface area contributed by atoms with Gasteiger partial charge < -0.3 is 15.6 Å². The molecule has 1 aromatic heterocycles. The Morgan fingerprint density at radius 1 is 1.50 bits per heavy atom. The first kappa shape index (κ1) is 11.9. The van der Waals surface area contributed by atoms with Crippen LogP contribution in [-0.4, -0.2) is 16.7 Å². The van der Waals surface area contributed by atoms with Gasteiger partial charge in [-0.05, 0) is 25.1 Å². The Labute approximate surface area is 104 Å². The van der Waals surface area contributed by atoms with Crippen LogP contribution in [0, 0.1) is 18.3 Å². The smallest absolute Gasteiger partial charge is 0.228 e. The van der Waals surface area contributed by atoms with Gasteiger partial charge in [0.15, 0.2) is 5.82 Å². The van der Waals surface area contributed by atoms with Gasteiger partial charge in [0.05, 0.1) is 23.0 Å². The third-order valence-corrected chi connectivity index (χ3v) is 2.41. The monoisotopic (exact) mass is 243 g/mol. The highest BCUT2D eigenvalue weighted by molar-refractivity contribution is 5.68. The van der Waals surface area contributed by atoms with E-state index in [1.165, 1.54) is 0 Å². The summed E-state index contributed by atoms with van der Waals surface area (Å²) in [6, 6.07) is 7.17. The summed E-state index contributed by atoms with van der Waals surface area (Å²) in [4.78, 5) is 4.10. The van der Waals surface area contributed by atoms with E-state index >= 15 is 0 Å². The van der Waals surface area contributed by atoms with Crippen molar-refractivity contribution in [2.45, 2.75) is 13.3 Å². The Hall–Kier alpha value is -2.55. The van der Waals surface area contributed by atoms with Gasteiger partial charge >= 0.3 is 0 Å². The molecule has 3 N–H and O–H groups in total. The van der Waals surface area contributed by atoms with Crippen molar-refractivity contribution in [3.8, 4) is 6.07 Å². The second kappa shape index (κ2) is 5.19. The molecule has 2 aromatic rings. The molecular formula is C12H13N5O. The molecule has 0 fully saturated rings. The van der Waals surface area contributed by atoms with Crippen LogP contribution in [0.4, 0.5) is 11.4 Å². The number of aromatic nitrogens is 2. The maximum Gasteiger partial charge on any atom is 0.228 e. The zero-order valence-electron chi connectivity index (χ0n) is 9.97. The van der Waals surface area contributed by atoms with Crippen LogP contribution in [0.1, 0.15) is 17.3 Å². The molecule has 1 heterocycles. The second-order valence-corrected chi connectivity index (χ2v) is 3.83. The number of benzene rings is 1. The fourth-order valence-electron chi connectivity index (χ4n) is 1.52. The molecule has 6 heteroatoms. The summed E-state index contributed by atoms with van der Waals surface area (Å²) in [7, 11) is 0. The number of aryl methyl sites for hydroxylation is 1. The fourth-order valence-corrected chi connectivity index (χ4v) is 1.52. The van der Waals surface area contributed by atoms with Crippen LogP contribution in [-0.2, 0) is 6.42 Å². The number of nitriles is 1. The van der Waals surface area contributed by atoms with Crippen molar-refractivity contribution in [1.29, 1.82) is 5.26 Å². The molecule has 2 rings (SSSR count). The van der Waals surface area contributed by atoms with Crippen LogP contribution >= 0.6 is 0 Å². The van der Waals surface area contributed by atoms with Gasteiger partial charge in [0, 0.05) is 13.0 Å². The maximum atomic E-state index is 8.81. The van der Waals surface area contributed by atoms with Gasteiger partial charge in [-0.15, -0.1) is 0 Å². The van der Waals surface area contributed by atoms with Crippen molar-refractivity contribution in [2.24, 2.45) is 0 Å². The first-order valence-corrected chi connectivity index (χ1v) is 5.51. The van der Waals surface area contributed by atoms with Crippen molar-refractivity contribution in [3.05, 3.63) is 35.5 Å². The van der Waals surface area contributed by atoms with Crippen molar-refractivity contribution < 1.29 is 4.52 Å². The Balaban J connectivity index is 1.96. The van der Waals surface area contributed by atoms with Crippen molar-refractivity contribution in [2.75, 3.05) is 17.6 Å². The lowest BCUT2D eigenvalue weighted by atomic mass is 10.2. The van der Waals surface area contributed by atoms with Crippen LogP contribution in [0.2, 0.25) is 0 Å². The molecule has 0 radical (unpaired) electrons. The molecule has 0 spiro atoms. The standard InChI is InChI=1S/C12H13N5O/c1-8-16-12(18-17-8)4-5-15-11-6-9(7-13)2-3-10(11)14/h2-3,6,15H,4-5,14H2,1H3. The zero-order valence-corrected chi connectivity index (χ0v) is 9.97. The van der Waals surface area contributed by atoms with Crippen LogP contribution in [0.15, 0.2) is 22.7 Å². The molecule has 0 amide bonds. The summed E-state index contributed by atoms with van der Waals surface area (Å²) >= 11 is 0. The first-order chi connectivity index (χ1) is 8.69. The van der Waals surface area contributed by atoms with Gasteiger partial charge in [0.1, 0.15) is 0 Å². The Morgan fingerprint density at radius 3 is 3.00 bits per heavy atom. The van der Waals surface area contributed by atoms with Crippen molar-refractivity contribution >= 4 is 11.4 Å². The minimum absolute atomic E-state index is 0.570. The Bertz CT molecular complexity index is 584. The molecule has 18 heavy (non-hydrogen) atoms. The molecular weight excluding hydrogens is 230 g/mol. The summed E-state index contributed by atoms with van der Waals surface area (Å²) in [5.74, 6) is 1.20. The molecule has 1 aromatic carbocycles. The normalized spacial score (nSPS) is 10.0. The predicted molar refractivity (Wildman–Crippen MR) is 66.8 cm³/mol. The highest BCUT2D eigenvalue weighted by Crippen LogP contribution is 2.19. The maximum absolute atomic E-state index is 8.81. The minimum Gasteiger partial charge on any atom is -0.397 e. The van der Waals surface area contributed by atoms with Crippen LogP contribution in [0.25, 0.3) is 0 Å². The third-order valence-electron chi connectivity index (χ3n) is 2.41. The van der Waals surface area contributed by atoms with E-state index in [0.29, 0.717) is 35.9 Å². The molecule has 0 saturated heterocycles. The van der Waals surface area contributed by atoms with Gasteiger partial charge in [0.2, 0.25) is 5.89 Å². The number of nitrogens with zero attached hydrogens (tertiary/aromatic N) is 3. The lowest BCUT2D eigenvalue weighted by Gasteiger charge is -2.08. The lowest BCUT2D eigenvalue weighted by Crippen LogP contribution is -2.07. The van der Waals surface area contributed by atoms with Crippen molar-refractivity contribution in [1.82, 2.24) is 10.1 Å². The third kappa shape index (κ3) is 2.77. The van der Waals surface area contributed by atoms with Crippen LogP contribution < -0.4 is 11.1 Å². The average molecular weight is 243 g/mol. The number of nitrogens with two attached hydrogens (primary N) is 1. The average Bonchev–Trinajstić information content (AvgIpc) is 2.77. The van der Waals surface area contributed by atoms with Gasteiger partial charge in [-0.2, -0.15) is 10.2 Å². The molecule has 0 saturated carbocycles. The highest BCUT2D eigenvalue weighted by Gasteiger charge is 2.04. The van der Waals surface area contributed by atoms with Gasteiger partial charge in [-0.3, -0.25) is 0 Å². The largest absolute Gasteiger partial charge is 0.397 e.